The molecule has 0 spiro atoms. The molecule has 4 saturated carbocycles. The van der Waals surface area contributed by atoms with E-state index in [1.54, 1.807) is 0 Å². The molecule has 4 bridgehead atoms. The van der Waals surface area contributed by atoms with Gasteiger partial charge in [-0.25, -0.2) is 0 Å². The van der Waals surface area contributed by atoms with Crippen molar-refractivity contribution in [1.29, 1.82) is 0 Å². The third kappa shape index (κ3) is 2.80. The van der Waals surface area contributed by atoms with Crippen molar-refractivity contribution in [2.24, 2.45) is 17.3 Å². The van der Waals surface area contributed by atoms with Crippen molar-refractivity contribution in [1.82, 2.24) is 5.32 Å². The van der Waals surface area contributed by atoms with Crippen LogP contribution in [0.5, 0.6) is 0 Å². The Hall–Kier alpha value is -0.350. The van der Waals surface area contributed by atoms with E-state index in [1.165, 1.54) is 19.3 Å². The van der Waals surface area contributed by atoms with Crippen LogP contribution in [0.15, 0.2) is 28.7 Å². The normalized spacial score (nSPS) is 39.3. The van der Waals surface area contributed by atoms with Gasteiger partial charge in [0, 0.05) is 8.80 Å². The Morgan fingerprint density at radius 2 is 1.87 bits per heavy atom. The third-order valence-corrected chi connectivity index (χ3v) is 7.84. The van der Waals surface area contributed by atoms with Crippen LogP contribution in [0.25, 0.3) is 0 Å². The quantitative estimate of drug-likeness (QED) is 0.629. The van der Waals surface area contributed by atoms with Gasteiger partial charge >= 0.3 is 0 Å². The molecule has 1 aromatic carbocycles. The zero-order chi connectivity index (χ0) is 16.2. The van der Waals surface area contributed by atoms with Gasteiger partial charge in [-0.15, -0.1) is 0 Å². The van der Waals surface area contributed by atoms with Crippen molar-refractivity contribution in [2.45, 2.75) is 55.8 Å². The molecule has 23 heavy (non-hydrogen) atoms. The van der Waals surface area contributed by atoms with Gasteiger partial charge in [0.15, 0.2) is 0 Å². The van der Waals surface area contributed by atoms with Gasteiger partial charge in [0.25, 0.3) is 0 Å². The molecule has 4 heteroatoms. The summed E-state index contributed by atoms with van der Waals surface area (Å²) in [4.78, 5) is 13.2. The number of carbonyl (C=O) groups is 1. The van der Waals surface area contributed by atoms with Crippen molar-refractivity contribution in [3.63, 3.8) is 0 Å². The molecule has 0 heterocycles. The molecular weight excluding hydrogens is 418 g/mol. The minimum atomic E-state index is -0.136. The number of carbonyl (C=O) groups excluding carboxylic acids is 1. The predicted molar refractivity (Wildman–Crippen MR) is 99.5 cm³/mol. The fraction of sp³-hybridized carbons (Fsp3) is 0.632. The maximum Gasteiger partial charge on any atom is 0.226 e. The minimum absolute atomic E-state index is 0.0392. The van der Waals surface area contributed by atoms with E-state index in [4.69, 9.17) is 0 Å². The summed E-state index contributed by atoms with van der Waals surface area (Å²) < 4.78 is 1.29. The molecule has 124 valence electrons. The average Bonchev–Trinajstić information content (AvgIpc) is 2.44. The standard InChI is InChI=1S/C19H23Br2NO/c1-12(15-4-2-3-5-16(15)20)22-17(23)18-7-13-6-14(8-18)10-19(21,9-13)11-18/h2-5,12-14H,6-11H2,1H3,(H,22,23). The van der Waals surface area contributed by atoms with E-state index in [0.29, 0.717) is 0 Å². The maximum atomic E-state index is 13.2. The summed E-state index contributed by atoms with van der Waals surface area (Å²) in [7, 11) is 0. The summed E-state index contributed by atoms with van der Waals surface area (Å²) in [5, 5.41) is 3.32. The smallest absolute Gasteiger partial charge is 0.226 e. The highest BCUT2D eigenvalue weighted by atomic mass is 79.9. The van der Waals surface area contributed by atoms with E-state index in [2.05, 4.69) is 50.2 Å². The van der Waals surface area contributed by atoms with Gasteiger partial charge < -0.3 is 5.32 Å². The van der Waals surface area contributed by atoms with Crippen molar-refractivity contribution in [3.8, 4) is 0 Å². The average molecular weight is 441 g/mol. The Kier molecular flexibility index (Phi) is 3.92. The number of benzene rings is 1. The lowest BCUT2D eigenvalue weighted by molar-refractivity contribution is -0.144. The van der Waals surface area contributed by atoms with E-state index in [1.807, 2.05) is 18.2 Å². The van der Waals surface area contributed by atoms with Crippen LogP contribution in [0.2, 0.25) is 0 Å². The van der Waals surface area contributed by atoms with Crippen LogP contribution in [-0.4, -0.2) is 10.2 Å². The Morgan fingerprint density at radius 1 is 1.22 bits per heavy atom. The number of amides is 1. The lowest BCUT2D eigenvalue weighted by Gasteiger charge is -2.59. The lowest BCUT2D eigenvalue weighted by Crippen LogP contribution is -2.58. The van der Waals surface area contributed by atoms with E-state index < -0.39 is 0 Å². The Balaban J connectivity index is 1.54. The first-order valence-electron chi connectivity index (χ1n) is 8.63. The minimum Gasteiger partial charge on any atom is -0.349 e. The SMILES string of the molecule is CC(NC(=O)C12CC3CC(CC(Br)(C3)C1)C2)c1ccccc1Br. The number of hydrogen-bond acceptors (Lipinski definition) is 1. The van der Waals surface area contributed by atoms with Crippen LogP contribution in [0.4, 0.5) is 0 Å². The maximum absolute atomic E-state index is 13.2. The highest BCUT2D eigenvalue weighted by molar-refractivity contribution is 9.10. The largest absolute Gasteiger partial charge is 0.349 e. The first-order chi connectivity index (χ1) is 10.9. The number of halogens is 2. The second-order valence-electron chi connectivity index (χ2n) is 8.11. The van der Waals surface area contributed by atoms with Gasteiger partial charge in [-0.1, -0.05) is 50.1 Å². The van der Waals surface area contributed by atoms with Gasteiger partial charge in [-0.3, -0.25) is 4.79 Å². The van der Waals surface area contributed by atoms with Crippen LogP contribution < -0.4 is 5.32 Å². The summed E-state index contributed by atoms with van der Waals surface area (Å²) in [6, 6.07) is 8.20. The fourth-order valence-corrected chi connectivity index (χ4v) is 7.75. The Labute approximate surface area is 155 Å². The van der Waals surface area contributed by atoms with Crippen molar-refractivity contribution < 1.29 is 4.79 Å². The summed E-state index contributed by atoms with van der Waals surface area (Å²) in [6.07, 6.45) is 7.05. The molecule has 1 N–H and O–H groups in total. The van der Waals surface area contributed by atoms with Crippen LogP contribution in [0.1, 0.15) is 57.1 Å². The highest BCUT2D eigenvalue weighted by Crippen LogP contribution is 2.64. The molecule has 4 aliphatic carbocycles. The summed E-state index contributed by atoms with van der Waals surface area (Å²) in [5.74, 6) is 1.75. The molecule has 4 fully saturated rings. The zero-order valence-corrected chi connectivity index (χ0v) is 16.6. The van der Waals surface area contributed by atoms with E-state index in [0.717, 1.165) is 41.1 Å². The number of nitrogens with one attached hydrogen (secondary N) is 1. The molecule has 3 atom stereocenters. The van der Waals surface area contributed by atoms with Gasteiger partial charge in [0.05, 0.1) is 11.5 Å². The molecule has 4 aliphatic rings. The first kappa shape index (κ1) is 16.1. The van der Waals surface area contributed by atoms with Gasteiger partial charge in [0.2, 0.25) is 5.91 Å². The van der Waals surface area contributed by atoms with Crippen LogP contribution in [0.3, 0.4) is 0 Å². The van der Waals surface area contributed by atoms with Gasteiger partial charge in [0.1, 0.15) is 0 Å². The molecule has 0 aliphatic heterocycles. The first-order valence-corrected chi connectivity index (χ1v) is 10.2. The van der Waals surface area contributed by atoms with E-state index in [9.17, 15) is 4.79 Å². The topological polar surface area (TPSA) is 29.1 Å². The monoisotopic (exact) mass is 439 g/mol. The highest BCUT2D eigenvalue weighted by Gasteiger charge is 2.59. The van der Waals surface area contributed by atoms with Crippen LogP contribution in [0, 0.1) is 17.3 Å². The molecule has 1 aromatic rings. The molecule has 0 aromatic heterocycles. The van der Waals surface area contributed by atoms with Crippen LogP contribution in [-0.2, 0) is 4.79 Å². The van der Waals surface area contributed by atoms with E-state index >= 15 is 0 Å². The molecular formula is C19H23Br2NO. The lowest BCUT2D eigenvalue weighted by atomic mass is 9.49. The van der Waals surface area contributed by atoms with Crippen molar-refractivity contribution in [2.75, 3.05) is 0 Å². The Morgan fingerprint density at radius 3 is 2.48 bits per heavy atom. The molecule has 3 unspecified atom stereocenters. The molecule has 1 amide bonds. The van der Waals surface area contributed by atoms with Gasteiger partial charge in [-0.05, 0) is 68.9 Å². The predicted octanol–water partition coefficient (Wildman–Crippen LogP) is 5.36. The summed E-state index contributed by atoms with van der Waals surface area (Å²) in [6.45, 7) is 2.09. The number of hydrogen-bond donors (Lipinski definition) is 1. The molecule has 2 nitrogen and oxygen atoms in total. The summed E-state index contributed by atoms with van der Waals surface area (Å²) in [5.41, 5.74) is 1.02. The molecule has 5 rings (SSSR count). The second kappa shape index (κ2) is 5.59. The second-order valence-corrected chi connectivity index (χ2v) is 10.6. The molecule has 0 saturated heterocycles. The molecule has 0 radical (unpaired) electrons. The summed E-state index contributed by atoms with van der Waals surface area (Å²) >= 11 is 7.60. The van der Waals surface area contributed by atoms with Crippen molar-refractivity contribution >= 4 is 37.8 Å². The Bertz CT molecular complexity index is 630. The van der Waals surface area contributed by atoms with E-state index in [-0.39, 0.29) is 21.7 Å². The number of rotatable bonds is 3. The van der Waals surface area contributed by atoms with Crippen molar-refractivity contribution in [3.05, 3.63) is 34.3 Å². The van der Waals surface area contributed by atoms with Gasteiger partial charge in [-0.2, -0.15) is 0 Å². The third-order valence-electron chi connectivity index (χ3n) is 6.19. The zero-order valence-electron chi connectivity index (χ0n) is 13.4. The van der Waals surface area contributed by atoms with Crippen LogP contribution >= 0.6 is 31.9 Å². The number of alkyl halides is 1. The fourth-order valence-electron chi connectivity index (χ4n) is 5.67.